The molecule has 1 N–H and O–H groups in total. The molecule has 3 aromatic rings. The van der Waals surface area contributed by atoms with E-state index in [4.69, 9.17) is 4.74 Å². The molecule has 0 amide bonds. The Morgan fingerprint density at radius 1 is 1.15 bits per heavy atom. The van der Waals surface area contributed by atoms with E-state index in [2.05, 4.69) is 71.2 Å². The summed E-state index contributed by atoms with van der Waals surface area (Å²) in [7, 11) is -1.11. The molecule has 6 nitrogen and oxygen atoms in total. The first-order chi connectivity index (χ1) is 16.4. The van der Waals surface area contributed by atoms with Gasteiger partial charge in [0.1, 0.15) is 12.4 Å². The number of ether oxygens (including phenoxy) is 1. The molecule has 1 aliphatic heterocycles. The first-order valence-corrected chi connectivity index (χ1v) is 16.2. The summed E-state index contributed by atoms with van der Waals surface area (Å²) >= 11 is 0. The van der Waals surface area contributed by atoms with Gasteiger partial charge in [0, 0.05) is 51.6 Å². The second-order valence-electron chi connectivity index (χ2n) is 10.6. The van der Waals surface area contributed by atoms with Crippen LogP contribution in [-0.4, -0.2) is 54.5 Å². The molecule has 1 fully saturated rings. The molecule has 1 aromatic carbocycles. The van der Waals surface area contributed by atoms with Crippen molar-refractivity contribution < 1.29 is 9.53 Å². The highest BCUT2D eigenvalue weighted by molar-refractivity contribution is 6.76. The second-order valence-corrected chi connectivity index (χ2v) is 16.2. The highest BCUT2D eigenvalue weighted by Crippen LogP contribution is 2.29. The Labute approximate surface area is 204 Å². The highest BCUT2D eigenvalue weighted by Gasteiger charge is 2.20. The summed E-state index contributed by atoms with van der Waals surface area (Å²) in [4.78, 5) is 19.0. The fraction of sp³-hybridized carbons (Fsp3) is 0.481. The number of pyridine rings is 1. The Morgan fingerprint density at radius 2 is 1.97 bits per heavy atom. The lowest BCUT2D eigenvalue weighted by atomic mass is 10.1. The highest BCUT2D eigenvalue weighted by atomic mass is 28.3. The van der Waals surface area contributed by atoms with Gasteiger partial charge in [-0.3, -0.25) is 9.69 Å². The van der Waals surface area contributed by atoms with Gasteiger partial charge in [-0.2, -0.15) is 0 Å². The van der Waals surface area contributed by atoms with Crippen LogP contribution < -0.4 is 5.32 Å². The summed E-state index contributed by atoms with van der Waals surface area (Å²) in [5.74, 6) is 0. The van der Waals surface area contributed by atoms with Crippen molar-refractivity contribution in [1.29, 1.82) is 0 Å². The van der Waals surface area contributed by atoms with Crippen LogP contribution in [0.3, 0.4) is 0 Å². The molecule has 0 aliphatic carbocycles. The average Bonchev–Trinajstić information content (AvgIpc) is 3.10. The average molecular weight is 479 g/mol. The van der Waals surface area contributed by atoms with E-state index < -0.39 is 8.07 Å². The first kappa shape index (κ1) is 24.6. The van der Waals surface area contributed by atoms with Gasteiger partial charge in [0.15, 0.2) is 6.29 Å². The van der Waals surface area contributed by atoms with Crippen molar-refractivity contribution in [2.45, 2.75) is 64.3 Å². The number of aldehydes is 1. The molecular formula is C27H38N4O2Si. The standard InChI is InChI=1S/C27H38N4O2Si/c1-34(2,3)17-16-33-21-31-15-12-25-26(23(20-32)18-28-27(25)31)29-24-10-7-13-30(14-11-24)19-22-8-5-4-6-9-22/h4-6,8-9,12,15,18,20,24H,7,10-11,13-14,16-17,19,21H2,1-3H3,(H,28,29). The van der Waals surface area contributed by atoms with E-state index in [0.29, 0.717) is 18.3 Å². The van der Waals surface area contributed by atoms with Crippen LogP contribution in [0.2, 0.25) is 25.7 Å². The maximum atomic E-state index is 11.8. The predicted octanol–water partition coefficient (Wildman–Crippen LogP) is 5.63. The molecular weight excluding hydrogens is 440 g/mol. The van der Waals surface area contributed by atoms with Crippen molar-refractivity contribution in [3.63, 3.8) is 0 Å². The molecule has 0 bridgehead atoms. The van der Waals surface area contributed by atoms with Crippen LogP contribution in [0, 0.1) is 0 Å². The van der Waals surface area contributed by atoms with Crippen LogP contribution in [0.25, 0.3) is 11.0 Å². The van der Waals surface area contributed by atoms with Crippen LogP contribution in [-0.2, 0) is 18.0 Å². The van der Waals surface area contributed by atoms with Crippen LogP contribution in [0.4, 0.5) is 5.69 Å². The minimum Gasteiger partial charge on any atom is -0.381 e. The molecule has 1 atom stereocenters. The molecule has 3 heterocycles. The Bertz CT molecular complexity index is 1080. The maximum Gasteiger partial charge on any atom is 0.153 e. The van der Waals surface area contributed by atoms with Gasteiger partial charge in [0.05, 0.1) is 11.3 Å². The summed E-state index contributed by atoms with van der Waals surface area (Å²) in [6, 6.07) is 14.2. The number of aromatic nitrogens is 2. The van der Waals surface area contributed by atoms with Gasteiger partial charge in [0.25, 0.3) is 0 Å². The molecule has 182 valence electrons. The molecule has 1 unspecified atom stereocenters. The molecule has 1 saturated heterocycles. The van der Waals surface area contributed by atoms with Gasteiger partial charge in [-0.25, -0.2) is 4.98 Å². The van der Waals surface area contributed by atoms with E-state index in [1.54, 1.807) is 6.20 Å². The molecule has 7 heteroatoms. The van der Waals surface area contributed by atoms with Crippen molar-refractivity contribution in [2.75, 3.05) is 25.0 Å². The van der Waals surface area contributed by atoms with Gasteiger partial charge in [-0.05, 0) is 43.5 Å². The molecule has 2 aromatic heterocycles. The number of carbonyl (C=O) groups is 1. The topological polar surface area (TPSA) is 59.4 Å². The van der Waals surface area contributed by atoms with E-state index in [9.17, 15) is 4.79 Å². The smallest absolute Gasteiger partial charge is 0.153 e. The third-order valence-corrected chi connectivity index (χ3v) is 8.29. The first-order valence-electron chi connectivity index (χ1n) is 12.5. The van der Waals surface area contributed by atoms with Crippen LogP contribution in [0.15, 0.2) is 48.8 Å². The summed E-state index contributed by atoms with van der Waals surface area (Å²) in [5.41, 5.74) is 3.75. The molecule has 0 radical (unpaired) electrons. The number of nitrogens with one attached hydrogen (secondary N) is 1. The number of nitrogens with zero attached hydrogens (tertiary/aromatic N) is 3. The minimum absolute atomic E-state index is 0.335. The number of rotatable bonds is 10. The lowest BCUT2D eigenvalue weighted by Crippen LogP contribution is -2.26. The van der Waals surface area contributed by atoms with Gasteiger partial charge >= 0.3 is 0 Å². The zero-order valence-corrected chi connectivity index (χ0v) is 21.8. The zero-order chi connectivity index (χ0) is 24.0. The fourth-order valence-corrected chi connectivity index (χ4v) is 5.31. The summed E-state index contributed by atoms with van der Waals surface area (Å²) in [6.45, 7) is 11.5. The summed E-state index contributed by atoms with van der Waals surface area (Å²) in [6.07, 6.45) is 7.90. The van der Waals surface area contributed by atoms with E-state index in [1.807, 2.05) is 10.8 Å². The minimum atomic E-state index is -1.11. The third kappa shape index (κ3) is 6.55. The van der Waals surface area contributed by atoms with E-state index in [0.717, 1.165) is 74.6 Å². The van der Waals surface area contributed by atoms with Gasteiger partial charge in [-0.15, -0.1) is 0 Å². The van der Waals surface area contributed by atoms with Crippen molar-refractivity contribution in [3.05, 3.63) is 59.9 Å². The molecule has 0 saturated carbocycles. The fourth-order valence-electron chi connectivity index (χ4n) is 4.55. The zero-order valence-electron chi connectivity index (χ0n) is 20.8. The van der Waals surface area contributed by atoms with Gasteiger partial charge < -0.3 is 14.6 Å². The Kier molecular flexibility index (Phi) is 8.18. The molecule has 34 heavy (non-hydrogen) atoms. The monoisotopic (exact) mass is 478 g/mol. The lowest BCUT2D eigenvalue weighted by Gasteiger charge is -2.21. The van der Waals surface area contributed by atoms with E-state index in [-0.39, 0.29) is 0 Å². The Balaban J connectivity index is 1.42. The van der Waals surface area contributed by atoms with Gasteiger partial charge in [0.2, 0.25) is 0 Å². The number of likely N-dealkylation sites (tertiary alicyclic amines) is 1. The van der Waals surface area contributed by atoms with Gasteiger partial charge in [-0.1, -0.05) is 50.0 Å². The quantitative estimate of drug-likeness (QED) is 0.233. The third-order valence-electron chi connectivity index (χ3n) is 6.59. The summed E-state index contributed by atoms with van der Waals surface area (Å²) in [5, 5.41) is 4.71. The number of hydrogen-bond donors (Lipinski definition) is 1. The van der Waals surface area contributed by atoms with Crippen molar-refractivity contribution in [2.24, 2.45) is 0 Å². The van der Waals surface area contributed by atoms with Crippen LogP contribution >= 0.6 is 0 Å². The maximum absolute atomic E-state index is 11.8. The Hall–Kier alpha value is -2.48. The van der Waals surface area contributed by atoms with Crippen molar-refractivity contribution in [1.82, 2.24) is 14.5 Å². The normalized spacial score (nSPS) is 17.6. The number of fused-ring (bicyclic) bond motifs is 1. The second kappa shape index (κ2) is 11.3. The molecule has 4 rings (SSSR count). The molecule has 0 spiro atoms. The van der Waals surface area contributed by atoms with Crippen molar-refractivity contribution in [3.8, 4) is 0 Å². The number of hydrogen-bond acceptors (Lipinski definition) is 5. The Morgan fingerprint density at radius 3 is 2.74 bits per heavy atom. The van der Waals surface area contributed by atoms with E-state index >= 15 is 0 Å². The summed E-state index contributed by atoms with van der Waals surface area (Å²) < 4.78 is 7.98. The van der Waals surface area contributed by atoms with Crippen LogP contribution in [0.5, 0.6) is 0 Å². The number of benzene rings is 1. The predicted molar refractivity (Wildman–Crippen MR) is 142 cm³/mol. The van der Waals surface area contributed by atoms with Crippen LogP contribution in [0.1, 0.15) is 35.2 Å². The largest absolute Gasteiger partial charge is 0.381 e. The number of carbonyl (C=O) groups excluding carboxylic acids is 1. The number of anilines is 1. The van der Waals surface area contributed by atoms with Crippen molar-refractivity contribution >= 4 is 31.1 Å². The lowest BCUT2D eigenvalue weighted by molar-refractivity contribution is 0.0899. The SMILES string of the molecule is C[Si](C)(C)CCOCn1ccc2c(NC3CCCN(Cc4ccccc4)CC3)c(C=O)cnc21. The van der Waals surface area contributed by atoms with E-state index in [1.165, 1.54) is 5.56 Å². The molecule has 1 aliphatic rings.